The zero-order valence-electron chi connectivity index (χ0n) is 17.1. The van der Waals surface area contributed by atoms with Crippen molar-refractivity contribution in [3.05, 3.63) is 23.8 Å². The van der Waals surface area contributed by atoms with Crippen LogP contribution in [-0.2, 0) is 9.59 Å². The molecule has 2 rings (SSSR count). The number of rotatable bonds is 7. The van der Waals surface area contributed by atoms with E-state index in [2.05, 4.69) is 5.32 Å². The largest absolute Gasteiger partial charge is 0.493 e. The minimum absolute atomic E-state index is 0.0411. The molecule has 1 heterocycles. The monoisotopic (exact) mass is 376 g/mol. The number of nitrogens with one attached hydrogen (secondary N) is 1. The minimum atomic E-state index is -0.376. The number of hydrogen-bond acceptors (Lipinski definition) is 4. The second-order valence-corrected chi connectivity index (χ2v) is 7.26. The average Bonchev–Trinajstić information content (AvgIpc) is 2.67. The first-order valence-corrected chi connectivity index (χ1v) is 9.81. The van der Waals surface area contributed by atoms with E-state index >= 15 is 0 Å². The number of likely N-dealkylation sites (tertiary alicyclic amines) is 1. The van der Waals surface area contributed by atoms with Crippen LogP contribution in [0.25, 0.3) is 0 Å². The number of hydrogen-bond donors (Lipinski definition) is 1. The third-order valence-corrected chi connectivity index (χ3v) is 4.84. The summed E-state index contributed by atoms with van der Waals surface area (Å²) in [5.41, 5.74) is 0.931. The molecule has 2 amide bonds. The highest BCUT2D eigenvalue weighted by molar-refractivity contribution is 5.88. The molecule has 1 aromatic carbocycles. The van der Waals surface area contributed by atoms with Crippen LogP contribution < -0.4 is 14.8 Å². The van der Waals surface area contributed by atoms with E-state index in [1.165, 1.54) is 0 Å². The highest BCUT2D eigenvalue weighted by Gasteiger charge is 2.32. The Morgan fingerprint density at radius 3 is 2.59 bits per heavy atom. The van der Waals surface area contributed by atoms with Crippen molar-refractivity contribution in [3.8, 4) is 11.5 Å². The van der Waals surface area contributed by atoms with Crippen LogP contribution in [0.15, 0.2) is 18.2 Å². The van der Waals surface area contributed by atoms with Crippen LogP contribution in [0.1, 0.15) is 65.0 Å². The van der Waals surface area contributed by atoms with Crippen molar-refractivity contribution >= 4 is 11.8 Å². The molecule has 27 heavy (non-hydrogen) atoms. The molecule has 1 aliphatic rings. The van der Waals surface area contributed by atoms with Gasteiger partial charge in [0.2, 0.25) is 11.8 Å². The lowest BCUT2D eigenvalue weighted by Gasteiger charge is -2.35. The second kappa shape index (κ2) is 9.62. The molecule has 0 aromatic heterocycles. The summed E-state index contributed by atoms with van der Waals surface area (Å²) in [6, 6.07) is 5.11. The maximum Gasteiger partial charge on any atom is 0.243 e. The van der Waals surface area contributed by atoms with Crippen LogP contribution in [0.2, 0.25) is 0 Å². The van der Waals surface area contributed by atoms with Crippen LogP contribution in [0.3, 0.4) is 0 Å². The number of carbonyl (C=O) groups excluding carboxylic acids is 2. The standard InChI is InChI=1S/C21H32N2O4/c1-6-20(24)23-12-8-7-9-17(23)21(25)22-15(4)16-10-11-18(27-14(2)3)19(13-16)26-5/h10-11,13-15,17H,6-9,12H2,1-5H3,(H,22,25)/t15-,17+/m1/s1. The molecule has 0 aliphatic carbocycles. The lowest BCUT2D eigenvalue weighted by atomic mass is 10.00. The molecule has 1 saturated heterocycles. The Morgan fingerprint density at radius 2 is 1.96 bits per heavy atom. The maximum absolute atomic E-state index is 12.8. The summed E-state index contributed by atoms with van der Waals surface area (Å²) < 4.78 is 11.2. The zero-order valence-corrected chi connectivity index (χ0v) is 17.1. The van der Waals surface area contributed by atoms with Crippen molar-refractivity contribution in [2.75, 3.05) is 13.7 Å². The van der Waals surface area contributed by atoms with Gasteiger partial charge in [0.15, 0.2) is 11.5 Å². The van der Waals surface area contributed by atoms with Gasteiger partial charge >= 0.3 is 0 Å². The number of nitrogens with zero attached hydrogens (tertiary/aromatic N) is 1. The van der Waals surface area contributed by atoms with Gasteiger partial charge in [0.1, 0.15) is 6.04 Å². The highest BCUT2D eigenvalue weighted by Crippen LogP contribution is 2.31. The van der Waals surface area contributed by atoms with Crippen LogP contribution in [0.4, 0.5) is 0 Å². The fourth-order valence-corrected chi connectivity index (χ4v) is 3.40. The Balaban J connectivity index is 2.10. The number of amides is 2. The number of benzene rings is 1. The summed E-state index contributed by atoms with van der Waals surface area (Å²) in [5.74, 6) is 1.27. The van der Waals surface area contributed by atoms with E-state index in [4.69, 9.17) is 9.47 Å². The van der Waals surface area contributed by atoms with Gasteiger partial charge in [-0.2, -0.15) is 0 Å². The molecule has 2 atom stereocenters. The zero-order chi connectivity index (χ0) is 20.0. The average molecular weight is 376 g/mol. The normalized spacial score (nSPS) is 18.1. The highest BCUT2D eigenvalue weighted by atomic mass is 16.5. The van der Waals surface area contributed by atoms with Crippen LogP contribution in [-0.4, -0.2) is 42.5 Å². The van der Waals surface area contributed by atoms with Crippen LogP contribution >= 0.6 is 0 Å². The lowest BCUT2D eigenvalue weighted by molar-refractivity contribution is -0.142. The van der Waals surface area contributed by atoms with E-state index in [-0.39, 0.29) is 30.0 Å². The van der Waals surface area contributed by atoms with Crippen molar-refractivity contribution < 1.29 is 19.1 Å². The van der Waals surface area contributed by atoms with Gasteiger partial charge in [-0.1, -0.05) is 13.0 Å². The molecule has 0 spiro atoms. The molecule has 1 fully saturated rings. The van der Waals surface area contributed by atoms with E-state index in [0.29, 0.717) is 24.5 Å². The van der Waals surface area contributed by atoms with Gasteiger partial charge in [-0.15, -0.1) is 0 Å². The van der Waals surface area contributed by atoms with Gasteiger partial charge in [0.25, 0.3) is 0 Å². The SMILES string of the molecule is CCC(=O)N1CCCC[C@H]1C(=O)N[C@H](C)c1ccc(OC(C)C)c(OC)c1. The predicted molar refractivity (Wildman–Crippen MR) is 105 cm³/mol. The molecule has 1 N–H and O–H groups in total. The van der Waals surface area contributed by atoms with Gasteiger partial charge < -0.3 is 19.7 Å². The summed E-state index contributed by atoms with van der Waals surface area (Å²) in [7, 11) is 1.60. The van der Waals surface area contributed by atoms with Crippen molar-refractivity contribution in [1.29, 1.82) is 0 Å². The third-order valence-electron chi connectivity index (χ3n) is 4.84. The summed E-state index contributed by atoms with van der Waals surface area (Å²) in [4.78, 5) is 26.7. The maximum atomic E-state index is 12.8. The van der Waals surface area contributed by atoms with E-state index in [9.17, 15) is 9.59 Å². The molecule has 1 aliphatic heterocycles. The topological polar surface area (TPSA) is 67.9 Å². The number of methoxy groups -OCH3 is 1. The van der Waals surface area contributed by atoms with Crippen LogP contribution in [0.5, 0.6) is 11.5 Å². The van der Waals surface area contributed by atoms with Gasteiger partial charge in [0.05, 0.1) is 19.3 Å². The lowest BCUT2D eigenvalue weighted by Crippen LogP contribution is -2.52. The fourth-order valence-electron chi connectivity index (χ4n) is 3.40. The van der Waals surface area contributed by atoms with E-state index in [0.717, 1.165) is 24.8 Å². The molecule has 1 aromatic rings. The Bertz CT molecular complexity index is 660. The van der Waals surface area contributed by atoms with Gasteiger partial charge in [0, 0.05) is 13.0 Å². The van der Waals surface area contributed by atoms with E-state index < -0.39 is 0 Å². The number of piperidine rings is 1. The summed E-state index contributed by atoms with van der Waals surface area (Å²) in [6.45, 7) is 8.35. The van der Waals surface area contributed by atoms with Crippen molar-refractivity contribution in [2.24, 2.45) is 0 Å². The van der Waals surface area contributed by atoms with E-state index in [1.54, 1.807) is 12.0 Å². The number of ether oxygens (including phenoxy) is 2. The van der Waals surface area contributed by atoms with Crippen molar-refractivity contribution in [2.45, 2.75) is 71.6 Å². The summed E-state index contributed by atoms with van der Waals surface area (Å²) in [5, 5.41) is 3.06. The van der Waals surface area contributed by atoms with Crippen molar-refractivity contribution in [1.82, 2.24) is 10.2 Å². The first-order chi connectivity index (χ1) is 12.9. The quantitative estimate of drug-likeness (QED) is 0.791. The molecular weight excluding hydrogens is 344 g/mol. The van der Waals surface area contributed by atoms with Gasteiger partial charge in [-0.05, 0) is 57.7 Å². The predicted octanol–water partition coefficient (Wildman–Crippen LogP) is 3.45. The Labute approximate surface area is 162 Å². The molecule has 0 unspecified atom stereocenters. The molecule has 0 bridgehead atoms. The second-order valence-electron chi connectivity index (χ2n) is 7.26. The molecule has 6 heteroatoms. The van der Waals surface area contributed by atoms with Crippen molar-refractivity contribution in [3.63, 3.8) is 0 Å². The molecule has 0 saturated carbocycles. The Hall–Kier alpha value is -2.24. The van der Waals surface area contributed by atoms with Gasteiger partial charge in [-0.3, -0.25) is 9.59 Å². The molecule has 0 radical (unpaired) electrons. The van der Waals surface area contributed by atoms with Gasteiger partial charge in [-0.25, -0.2) is 0 Å². The molecule has 150 valence electrons. The van der Waals surface area contributed by atoms with E-state index in [1.807, 2.05) is 45.9 Å². The third kappa shape index (κ3) is 5.37. The summed E-state index contributed by atoms with van der Waals surface area (Å²) in [6.07, 6.45) is 3.12. The minimum Gasteiger partial charge on any atom is -0.493 e. The molecule has 6 nitrogen and oxygen atoms in total. The fraction of sp³-hybridized carbons (Fsp3) is 0.619. The first kappa shape index (κ1) is 21.1. The first-order valence-electron chi connectivity index (χ1n) is 9.81. The smallest absolute Gasteiger partial charge is 0.243 e. The Morgan fingerprint density at radius 1 is 1.22 bits per heavy atom. The number of carbonyl (C=O) groups is 2. The Kier molecular flexibility index (Phi) is 7.51. The van der Waals surface area contributed by atoms with Crippen LogP contribution in [0, 0.1) is 0 Å². The summed E-state index contributed by atoms with van der Waals surface area (Å²) >= 11 is 0. The molecular formula is C21H32N2O4.